The fourth-order valence-electron chi connectivity index (χ4n) is 4.54. The highest BCUT2D eigenvalue weighted by molar-refractivity contribution is 7.89. The minimum Gasteiger partial charge on any atom is -0.494 e. The van der Waals surface area contributed by atoms with E-state index in [2.05, 4.69) is 0 Å². The SMILES string of the molecule is O=C(c1ccccc1)c1c(O)n(C(=O)c2ccccc2)c2ccc(S(=O)(=O)N3CCCCC3)cc12. The number of piperidine rings is 1. The number of fused-ring (bicyclic) bond motifs is 1. The molecule has 0 saturated carbocycles. The third-order valence-corrected chi connectivity index (χ3v) is 8.25. The average Bonchev–Trinajstić information content (AvgIpc) is 3.20. The average molecular weight is 489 g/mol. The van der Waals surface area contributed by atoms with Crippen molar-refractivity contribution in [3.8, 4) is 5.88 Å². The van der Waals surface area contributed by atoms with Crippen LogP contribution in [0, 0.1) is 0 Å². The Morgan fingerprint density at radius 3 is 2.00 bits per heavy atom. The van der Waals surface area contributed by atoms with Crippen molar-refractivity contribution in [2.45, 2.75) is 24.2 Å². The van der Waals surface area contributed by atoms with Crippen LogP contribution in [0.4, 0.5) is 0 Å². The molecule has 1 aromatic heterocycles. The first-order valence-corrected chi connectivity index (χ1v) is 12.9. The van der Waals surface area contributed by atoms with Crippen molar-refractivity contribution in [2.24, 2.45) is 0 Å². The van der Waals surface area contributed by atoms with Gasteiger partial charge in [0.1, 0.15) is 0 Å². The van der Waals surface area contributed by atoms with E-state index in [0.29, 0.717) is 24.2 Å². The van der Waals surface area contributed by atoms with Gasteiger partial charge in [0.05, 0.1) is 16.0 Å². The zero-order valence-electron chi connectivity index (χ0n) is 18.9. The fraction of sp³-hybridized carbons (Fsp3) is 0.185. The number of ketones is 1. The van der Waals surface area contributed by atoms with Gasteiger partial charge in [0.2, 0.25) is 15.9 Å². The van der Waals surface area contributed by atoms with E-state index in [1.54, 1.807) is 60.7 Å². The summed E-state index contributed by atoms with van der Waals surface area (Å²) in [6.07, 6.45) is 2.57. The van der Waals surface area contributed by atoms with Crippen LogP contribution >= 0.6 is 0 Å². The highest BCUT2D eigenvalue weighted by atomic mass is 32.2. The Morgan fingerprint density at radius 1 is 0.771 bits per heavy atom. The number of sulfonamides is 1. The molecule has 1 fully saturated rings. The monoisotopic (exact) mass is 488 g/mol. The van der Waals surface area contributed by atoms with Crippen LogP contribution in [0.5, 0.6) is 5.88 Å². The maximum absolute atomic E-state index is 13.5. The highest BCUT2D eigenvalue weighted by Crippen LogP contribution is 2.36. The van der Waals surface area contributed by atoms with Gasteiger partial charge in [-0.05, 0) is 43.2 Å². The summed E-state index contributed by atoms with van der Waals surface area (Å²) in [6, 6.07) is 21.1. The van der Waals surface area contributed by atoms with E-state index in [0.717, 1.165) is 23.8 Å². The molecule has 0 aliphatic carbocycles. The largest absolute Gasteiger partial charge is 0.494 e. The third kappa shape index (κ3) is 4.05. The summed E-state index contributed by atoms with van der Waals surface area (Å²) < 4.78 is 29.2. The summed E-state index contributed by atoms with van der Waals surface area (Å²) in [5.74, 6) is -1.54. The zero-order chi connectivity index (χ0) is 24.6. The molecule has 0 unspecified atom stereocenters. The van der Waals surface area contributed by atoms with Crippen molar-refractivity contribution < 1.29 is 23.1 Å². The van der Waals surface area contributed by atoms with Gasteiger partial charge in [-0.25, -0.2) is 13.0 Å². The van der Waals surface area contributed by atoms with Crippen molar-refractivity contribution >= 4 is 32.6 Å². The molecule has 7 nitrogen and oxygen atoms in total. The number of aromatic nitrogens is 1. The summed E-state index contributed by atoms with van der Waals surface area (Å²) >= 11 is 0. The summed E-state index contributed by atoms with van der Waals surface area (Å²) in [6.45, 7) is 0.879. The Kier molecular flexibility index (Phi) is 6.00. The maximum Gasteiger partial charge on any atom is 0.265 e. The molecule has 1 aliphatic rings. The van der Waals surface area contributed by atoms with Gasteiger partial charge in [-0.1, -0.05) is 55.0 Å². The van der Waals surface area contributed by atoms with E-state index in [9.17, 15) is 23.1 Å². The van der Waals surface area contributed by atoms with Crippen LogP contribution in [0.15, 0.2) is 83.8 Å². The lowest BCUT2D eigenvalue weighted by atomic mass is 10.0. The van der Waals surface area contributed by atoms with Crippen LogP contribution in [-0.2, 0) is 10.0 Å². The zero-order valence-corrected chi connectivity index (χ0v) is 19.7. The molecule has 1 saturated heterocycles. The number of hydrogen-bond donors (Lipinski definition) is 1. The normalized spacial score (nSPS) is 14.7. The van der Waals surface area contributed by atoms with E-state index in [4.69, 9.17) is 0 Å². The van der Waals surface area contributed by atoms with Crippen LogP contribution < -0.4 is 0 Å². The number of nitrogens with zero attached hydrogens (tertiary/aromatic N) is 2. The van der Waals surface area contributed by atoms with Crippen LogP contribution in [0.2, 0.25) is 0 Å². The molecule has 0 bridgehead atoms. The lowest BCUT2D eigenvalue weighted by molar-refractivity contribution is 0.0956. The second-order valence-electron chi connectivity index (χ2n) is 8.54. The van der Waals surface area contributed by atoms with E-state index < -0.39 is 27.6 Å². The van der Waals surface area contributed by atoms with Crippen molar-refractivity contribution in [1.29, 1.82) is 0 Å². The predicted octanol–water partition coefficient (Wildman–Crippen LogP) is 4.44. The van der Waals surface area contributed by atoms with E-state index in [1.165, 1.54) is 22.5 Å². The smallest absolute Gasteiger partial charge is 0.265 e. The molecule has 8 heteroatoms. The molecule has 0 atom stereocenters. The molecule has 178 valence electrons. The number of aromatic hydroxyl groups is 1. The minimum absolute atomic E-state index is 0.0262. The van der Waals surface area contributed by atoms with Gasteiger partial charge in [-0.15, -0.1) is 0 Å². The van der Waals surface area contributed by atoms with Crippen LogP contribution in [-0.4, -0.2) is 47.2 Å². The second-order valence-corrected chi connectivity index (χ2v) is 10.5. The van der Waals surface area contributed by atoms with Gasteiger partial charge < -0.3 is 5.11 Å². The maximum atomic E-state index is 13.5. The van der Waals surface area contributed by atoms with Crippen molar-refractivity contribution in [2.75, 3.05) is 13.1 Å². The minimum atomic E-state index is -3.79. The molecule has 1 N–H and O–H groups in total. The van der Waals surface area contributed by atoms with Crippen molar-refractivity contribution in [3.63, 3.8) is 0 Å². The Labute approximate surface area is 203 Å². The van der Waals surface area contributed by atoms with Gasteiger partial charge in [-0.2, -0.15) is 4.31 Å². The molecule has 35 heavy (non-hydrogen) atoms. The van der Waals surface area contributed by atoms with Gasteiger partial charge in [0, 0.05) is 29.6 Å². The first-order valence-electron chi connectivity index (χ1n) is 11.5. The van der Waals surface area contributed by atoms with Crippen molar-refractivity contribution in [1.82, 2.24) is 8.87 Å². The standard InChI is InChI=1S/C27H24N2O5S/c30-25(19-10-4-1-5-11-19)24-22-18-21(35(33,34)28-16-8-3-9-17-28)14-15-23(22)29(27(24)32)26(31)20-12-6-2-7-13-20/h1-2,4-7,10-15,18,32H,3,8-9,16-17H2. The molecular formula is C27H24N2O5S. The lowest BCUT2D eigenvalue weighted by Crippen LogP contribution is -2.35. The Hall–Kier alpha value is -3.75. The molecule has 0 radical (unpaired) electrons. The van der Waals surface area contributed by atoms with Crippen LogP contribution in [0.25, 0.3) is 10.9 Å². The molecule has 2 heterocycles. The number of carbonyl (C=O) groups is 2. The second kappa shape index (κ2) is 9.13. The molecule has 4 aromatic rings. The topological polar surface area (TPSA) is 96.7 Å². The van der Waals surface area contributed by atoms with E-state index in [1.807, 2.05) is 0 Å². The van der Waals surface area contributed by atoms with Gasteiger partial charge in [0.15, 0.2) is 5.78 Å². The first-order chi connectivity index (χ1) is 16.9. The van der Waals surface area contributed by atoms with Gasteiger partial charge in [-0.3, -0.25) is 9.59 Å². The molecule has 3 aromatic carbocycles. The summed E-state index contributed by atoms with van der Waals surface area (Å²) in [5.41, 5.74) is 0.793. The van der Waals surface area contributed by atoms with Crippen molar-refractivity contribution in [3.05, 3.63) is 95.6 Å². The summed E-state index contributed by atoms with van der Waals surface area (Å²) in [7, 11) is -3.79. The Balaban J connectivity index is 1.72. The lowest BCUT2D eigenvalue weighted by Gasteiger charge is -2.25. The quantitative estimate of drug-likeness (QED) is 0.419. The molecule has 1 aliphatic heterocycles. The highest BCUT2D eigenvalue weighted by Gasteiger charge is 2.30. The van der Waals surface area contributed by atoms with E-state index in [-0.39, 0.29) is 21.4 Å². The number of hydrogen-bond acceptors (Lipinski definition) is 5. The molecular weight excluding hydrogens is 464 g/mol. The predicted molar refractivity (Wildman–Crippen MR) is 132 cm³/mol. The first kappa shape index (κ1) is 23.0. The Bertz CT molecular complexity index is 1520. The molecule has 5 rings (SSSR count). The number of rotatable bonds is 5. The third-order valence-electron chi connectivity index (χ3n) is 6.35. The number of carbonyl (C=O) groups excluding carboxylic acids is 2. The van der Waals surface area contributed by atoms with Gasteiger partial charge in [0.25, 0.3) is 5.91 Å². The Morgan fingerprint density at radius 2 is 1.37 bits per heavy atom. The molecule has 0 spiro atoms. The van der Waals surface area contributed by atoms with Gasteiger partial charge >= 0.3 is 0 Å². The fourth-order valence-corrected chi connectivity index (χ4v) is 6.09. The molecule has 0 amide bonds. The van der Waals surface area contributed by atoms with Crippen LogP contribution in [0.1, 0.15) is 45.5 Å². The summed E-state index contributed by atoms with van der Waals surface area (Å²) in [4.78, 5) is 26.8. The summed E-state index contributed by atoms with van der Waals surface area (Å²) in [5, 5.41) is 11.4. The van der Waals surface area contributed by atoms with E-state index >= 15 is 0 Å². The van der Waals surface area contributed by atoms with Crippen LogP contribution in [0.3, 0.4) is 0 Å². The number of benzene rings is 3.